The van der Waals surface area contributed by atoms with Crippen LogP contribution < -0.4 is 5.32 Å². The molecule has 0 radical (unpaired) electrons. The Hall–Kier alpha value is -0.910. The Kier molecular flexibility index (Phi) is 2.81. The number of ether oxygens (including phenoxy) is 1. The number of anilines is 1. The molecule has 1 aliphatic rings. The molecule has 2 N–H and O–H groups in total. The lowest BCUT2D eigenvalue weighted by Gasteiger charge is -2.14. The zero-order valence-electron chi connectivity index (χ0n) is 7.35. The number of halogens is 1. The first-order chi connectivity index (χ1) is 6.75. The summed E-state index contributed by atoms with van der Waals surface area (Å²) < 4.78 is 5.08. The van der Waals surface area contributed by atoms with Crippen molar-refractivity contribution in [3.05, 3.63) is 17.3 Å². The molecule has 76 valence electrons. The second-order valence-electron chi connectivity index (χ2n) is 3.10. The average Bonchev–Trinajstić information content (AvgIpc) is 2.56. The van der Waals surface area contributed by atoms with E-state index in [0.29, 0.717) is 24.2 Å². The third kappa shape index (κ3) is 2.12. The number of aliphatic hydroxyl groups excluding tert-OH is 1. The summed E-state index contributed by atoms with van der Waals surface area (Å²) in [6.45, 7) is 0.837. The lowest BCUT2D eigenvalue weighted by molar-refractivity contribution is 0.125. The Labute approximate surface area is 86.1 Å². The zero-order chi connectivity index (χ0) is 9.97. The van der Waals surface area contributed by atoms with Crippen LogP contribution in [0.1, 0.15) is 0 Å². The highest BCUT2D eigenvalue weighted by atomic mass is 35.5. The quantitative estimate of drug-likeness (QED) is 0.743. The van der Waals surface area contributed by atoms with Gasteiger partial charge in [-0.05, 0) is 12.1 Å². The topological polar surface area (TPSA) is 67.3 Å². The molecule has 0 aliphatic carbocycles. The van der Waals surface area contributed by atoms with E-state index in [1.165, 1.54) is 0 Å². The molecule has 0 amide bonds. The van der Waals surface area contributed by atoms with Crippen LogP contribution in [0.4, 0.5) is 5.82 Å². The van der Waals surface area contributed by atoms with Gasteiger partial charge in [-0.3, -0.25) is 0 Å². The van der Waals surface area contributed by atoms with Crippen LogP contribution in [0, 0.1) is 0 Å². The van der Waals surface area contributed by atoms with Gasteiger partial charge in [0.25, 0.3) is 0 Å². The molecule has 0 aromatic carbocycles. The largest absolute Gasteiger partial charge is 0.388 e. The maximum absolute atomic E-state index is 9.44. The first kappa shape index (κ1) is 9.64. The second-order valence-corrected chi connectivity index (χ2v) is 3.48. The fourth-order valence-electron chi connectivity index (χ4n) is 1.26. The molecule has 1 aromatic heterocycles. The number of hydrogen-bond acceptors (Lipinski definition) is 5. The van der Waals surface area contributed by atoms with Gasteiger partial charge in [-0.15, -0.1) is 10.2 Å². The summed E-state index contributed by atoms with van der Waals surface area (Å²) in [6, 6.07) is 3.23. The monoisotopic (exact) mass is 215 g/mol. The third-order valence-corrected chi connectivity index (χ3v) is 2.22. The van der Waals surface area contributed by atoms with Crippen LogP contribution >= 0.6 is 11.6 Å². The molecular formula is C8H10ClN3O2. The molecule has 2 atom stereocenters. The van der Waals surface area contributed by atoms with Gasteiger partial charge in [0.1, 0.15) is 5.82 Å². The molecule has 1 aromatic rings. The molecule has 6 heteroatoms. The Balaban J connectivity index is 2.00. The van der Waals surface area contributed by atoms with E-state index >= 15 is 0 Å². The highest BCUT2D eigenvalue weighted by molar-refractivity contribution is 6.29. The van der Waals surface area contributed by atoms with Crippen LogP contribution in [0.15, 0.2) is 12.1 Å². The van der Waals surface area contributed by atoms with E-state index in [0.717, 1.165) is 0 Å². The Morgan fingerprint density at radius 3 is 2.86 bits per heavy atom. The molecule has 0 saturated carbocycles. The van der Waals surface area contributed by atoms with Crippen LogP contribution in [0.3, 0.4) is 0 Å². The Morgan fingerprint density at radius 2 is 2.29 bits per heavy atom. The molecule has 0 bridgehead atoms. The van der Waals surface area contributed by atoms with Gasteiger partial charge >= 0.3 is 0 Å². The van der Waals surface area contributed by atoms with Crippen LogP contribution in [0.5, 0.6) is 0 Å². The fourth-order valence-corrected chi connectivity index (χ4v) is 1.36. The standard InChI is InChI=1S/C8H10ClN3O2/c9-7-1-2-8(12-11-7)10-5-3-14-4-6(5)13/h1-2,5-6,13H,3-4H2,(H,10,12)/t5-,6-/m1/s1. The van der Waals surface area contributed by atoms with Crippen molar-refractivity contribution in [1.29, 1.82) is 0 Å². The van der Waals surface area contributed by atoms with Crippen LogP contribution in [0.25, 0.3) is 0 Å². The molecule has 2 heterocycles. The number of nitrogens with zero attached hydrogens (tertiary/aromatic N) is 2. The fraction of sp³-hybridized carbons (Fsp3) is 0.500. The van der Waals surface area contributed by atoms with E-state index in [9.17, 15) is 5.11 Å². The summed E-state index contributed by atoms with van der Waals surface area (Å²) in [4.78, 5) is 0. The first-order valence-electron chi connectivity index (χ1n) is 4.27. The number of hydrogen-bond donors (Lipinski definition) is 2. The van der Waals surface area contributed by atoms with Gasteiger partial charge < -0.3 is 15.2 Å². The van der Waals surface area contributed by atoms with Crippen molar-refractivity contribution in [2.75, 3.05) is 18.5 Å². The highest BCUT2D eigenvalue weighted by Gasteiger charge is 2.26. The molecule has 0 spiro atoms. The lowest BCUT2D eigenvalue weighted by atomic mass is 10.2. The van der Waals surface area contributed by atoms with Crippen molar-refractivity contribution in [2.45, 2.75) is 12.1 Å². The summed E-state index contributed by atoms with van der Waals surface area (Å²) in [5, 5.41) is 20.3. The maximum Gasteiger partial charge on any atom is 0.151 e. The van der Waals surface area contributed by atoms with Gasteiger partial charge in [-0.2, -0.15) is 0 Å². The minimum absolute atomic E-state index is 0.120. The number of rotatable bonds is 2. The van der Waals surface area contributed by atoms with Gasteiger partial charge in [0.15, 0.2) is 5.15 Å². The van der Waals surface area contributed by atoms with E-state index in [1.54, 1.807) is 12.1 Å². The van der Waals surface area contributed by atoms with Crippen molar-refractivity contribution >= 4 is 17.4 Å². The molecule has 5 nitrogen and oxygen atoms in total. The third-order valence-electron chi connectivity index (χ3n) is 2.02. The van der Waals surface area contributed by atoms with Gasteiger partial charge in [0, 0.05) is 0 Å². The molecule has 2 rings (SSSR count). The molecule has 0 unspecified atom stereocenters. The van der Waals surface area contributed by atoms with E-state index in [1.807, 2.05) is 0 Å². The van der Waals surface area contributed by atoms with Crippen molar-refractivity contribution in [1.82, 2.24) is 10.2 Å². The van der Waals surface area contributed by atoms with E-state index in [-0.39, 0.29) is 6.04 Å². The number of aliphatic hydroxyl groups is 1. The van der Waals surface area contributed by atoms with Crippen molar-refractivity contribution in [3.8, 4) is 0 Å². The second kappa shape index (κ2) is 4.08. The molecule has 1 saturated heterocycles. The zero-order valence-corrected chi connectivity index (χ0v) is 8.11. The first-order valence-corrected chi connectivity index (χ1v) is 4.65. The van der Waals surface area contributed by atoms with Crippen molar-refractivity contribution < 1.29 is 9.84 Å². The predicted molar refractivity (Wildman–Crippen MR) is 51.3 cm³/mol. The summed E-state index contributed by atoms with van der Waals surface area (Å²) in [6.07, 6.45) is -0.493. The molecular weight excluding hydrogens is 206 g/mol. The summed E-state index contributed by atoms with van der Waals surface area (Å²) >= 11 is 5.58. The predicted octanol–water partition coefficient (Wildman–Crippen LogP) is 0.302. The van der Waals surface area contributed by atoms with Gasteiger partial charge in [0.05, 0.1) is 25.4 Å². The number of aromatic nitrogens is 2. The van der Waals surface area contributed by atoms with Gasteiger partial charge in [0.2, 0.25) is 0 Å². The summed E-state index contributed by atoms with van der Waals surface area (Å²) in [5.74, 6) is 0.587. The van der Waals surface area contributed by atoms with Crippen LogP contribution in [-0.4, -0.2) is 40.7 Å². The summed E-state index contributed by atoms with van der Waals surface area (Å²) in [7, 11) is 0. The minimum atomic E-state index is -0.493. The van der Waals surface area contributed by atoms with Gasteiger partial charge in [-0.25, -0.2) is 0 Å². The smallest absolute Gasteiger partial charge is 0.151 e. The number of nitrogens with one attached hydrogen (secondary N) is 1. The van der Waals surface area contributed by atoms with Crippen molar-refractivity contribution in [2.24, 2.45) is 0 Å². The maximum atomic E-state index is 9.44. The van der Waals surface area contributed by atoms with E-state index < -0.39 is 6.10 Å². The molecule has 1 fully saturated rings. The normalized spacial score (nSPS) is 26.4. The molecule has 1 aliphatic heterocycles. The van der Waals surface area contributed by atoms with Crippen LogP contribution in [-0.2, 0) is 4.74 Å². The Bertz CT molecular complexity index is 306. The highest BCUT2D eigenvalue weighted by Crippen LogP contribution is 2.12. The lowest BCUT2D eigenvalue weighted by Crippen LogP contribution is -2.32. The van der Waals surface area contributed by atoms with E-state index in [4.69, 9.17) is 16.3 Å². The minimum Gasteiger partial charge on any atom is -0.388 e. The van der Waals surface area contributed by atoms with Crippen LogP contribution in [0.2, 0.25) is 5.15 Å². The SMILES string of the molecule is O[C@@H]1COC[C@H]1Nc1ccc(Cl)nn1. The molecule has 14 heavy (non-hydrogen) atoms. The average molecular weight is 216 g/mol. The Morgan fingerprint density at radius 1 is 1.43 bits per heavy atom. The van der Waals surface area contributed by atoms with E-state index in [2.05, 4.69) is 15.5 Å². The van der Waals surface area contributed by atoms with Gasteiger partial charge in [-0.1, -0.05) is 11.6 Å². The summed E-state index contributed by atoms with van der Waals surface area (Å²) in [5.41, 5.74) is 0. The van der Waals surface area contributed by atoms with Crippen molar-refractivity contribution in [3.63, 3.8) is 0 Å².